The molecule has 0 unspecified atom stereocenters. The molecule has 0 saturated carbocycles. The summed E-state index contributed by atoms with van der Waals surface area (Å²) in [6.45, 7) is 9.10. The van der Waals surface area contributed by atoms with E-state index in [4.69, 9.17) is 0 Å². The zero-order valence-electron chi connectivity index (χ0n) is 14.9. The first-order valence-electron chi connectivity index (χ1n) is 8.28. The maximum atomic E-state index is 12.5. The van der Waals surface area contributed by atoms with E-state index in [9.17, 15) is 4.79 Å². The number of anilines is 1. The van der Waals surface area contributed by atoms with Gasteiger partial charge < -0.3 is 0 Å². The molecule has 3 rings (SSSR count). The molecule has 0 aliphatic heterocycles. The Labute approximate surface area is 146 Å². The largest absolute Gasteiger partial charge is 0.289 e. The van der Waals surface area contributed by atoms with E-state index in [0.717, 1.165) is 17.8 Å². The molecule has 0 bridgehead atoms. The molecule has 0 aliphatic carbocycles. The molecule has 1 amide bonds. The fourth-order valence-corrected chi connectivity index (χ4v) is 2.92. The standard InChI is InChI=1S/C18H22N6O/c1-5-24-14(4)16(13(3)21-24)17(25)20-18-19-11-23(22-18)10-15-8-6-7-12(2)9-15/h6-9,11H,5,10H2,1-4H3,(H,20,22,25). The lowest BCUT2D eigenvalue weighted by molar-refractivity contribution is 0.102. The number of rotatable bonds is 5. The van der Waals surface area contributed by atoms with Crippen LogP contribution >= 0.6 is 0 Å². The summed E-state index contributed by atoms with van der Waals surface area (Å²) in [7, 11) is 0. The second-order valence-electron chi connectivity index (χ2n) is 6.07. The fraction of sp³-hybridized carbons (Fsp3) is 0.333. The lowest BCUT2D eigenvalue weighted by atomic mass is 10.1. The molecule has 25 heavy (non-hydrogen) atoms. The average molecular weight is 338 g/mol. The normalized spacial score (nSPS) is 10.9. The SMILES string of the molecule is CCn1nc(C)c(C(=O)Nc2ncn(Cc3cccc(C)c3)n2)c1C. The van der Waals surface area contributed by atoms with Gasteiger partial charge in [0, 0.05) is 12.2 Å². The van der Waals surface area contributed by atoms with E-state index in [1.165, 1.54) is 5.56 Å². The molecule has 7 nitrogen and oxygen atoms in total. The molecular weight excluding hydrogens is 316 g/mol. The van der Waals surface area contributed by atoms with Gasteiger partial charge in [-0.25, -0.2) is 9.67 Å². The molecule has 2 heterocycles. The summed E-state index contributed by atoms with van der Waals surface area (Å²) in [5.74, 6) is 0.0590. The maximum Gasteiger partial charge on any atom is 0.261 e. The average Bonchev–Trinajstić information content (AvgIpc) is 3.11. The lowest BCUT2D eigenvalue weighted by Crippen LogP contribution is -2.15. The van der Waals surface area contributed by atoms with Gasteiger partial charge in [0.15, 0.2) is 0 Å². The Morgan fingerprint density at radius 2 is 2.00 bits per heavy atom. The Morgan fingerprint density at radius 3 is 2.68 bits per heavy atom. The number of amides is 1. The zero-order chi connectivity index (χ0) is 18.0. The molecule has 3 aromatic rings. The van der Waals surface area contributed by atoms with E-state index >= 15 is 0 Å². The topological polar surface area (TPSA) is 77.6 Å². The summed E-state index contributed by atoms with van der Waals surface area (Å²) in [6, 6.07) is 8.21. The number of aromatic nitrogens is 5. The van der Waals surface area contributed by atoms with Crippen LogP contribution in [0.25, 0.3) is 0 Å². The van der Waals surface area contributed by atoms with Crippen molar-refractivity contribution in [2.24, 2.45) is 0 Å². The van der Waals surface area contributed by atoms with E-state index in [1.807, 2.05) is 37.6 Å². The van der Waals surface area contributed by atoms with Gasteiger partial charge >= 0.3 is 0 Å². The van der Waals surface area contributed by atoms with E-state index in [1.54, 1.807) is 11.0 Å². The van der Waals surface area contributed by atoms with Gasteiger partial charge in [-0.15, -0.1) is 5.10 Å². The van der Waals surface area contributed by atoms with Gasteiger partial charge in [-0.1, -0.05) is 29.8 Å². The van der Waals surface area contributed by atoms with Crippen LogP contribution in [0.5, 0.6) is 0 Å². The van der Waals surface area contributed by atoms with Gasteiger partial charge in [0.25, 0.3) is 5.91 Å². The van der Waals surface area contributed by atoms with Crippen molar-refractivity contribution in [2.75, 3.05) is 5.32 Å². The summed E-state index contributed by atoms with van der Waals surface area (Å²) in [4.78, 5) is 16.7. The molecule has 2 aromatic heterocycles. The number of nitrogens with zero attached hydrogens (tertiary/aromatic N) is 5. The van der Waals surface area contributed by atoms with Gasteiger partial charge in [-0.2, -0.15) is 5.10 Å². The van der Waals surface area contributed by atoms with Crippen LogP contribution in [0.4, 0.5) is 5.95 Å². The predicted molar refractivity (Wildman–Crippen MR) is 95.6 cm³/mol. The smallest absolute Gasteiger partial charge is 0.261 e. The van der Waals surface area contributed by atoms with Crippen molar-refractivity contribution in [3.8, 4) is 0 Å². The van der Waals surface area contributed by atoms with Crippen LogP contribution in [-0.2, 0) is 13.1 Å². The summed E-state index contributed by atoms with van der Waals surface area (Å²) in [5.41, 5.74) is 4.47. The Hall–Kier alpha value is -2.96. The zero-order valence-corrected chi connectivity index (χ0v) is 14.9. The molecule has 0 aliphatic rings. The molecule has 0 atom stereocenters. The van der Waals surface area contributed by atoms with E-state index in [2.05, 4.69) is 39.6 Å². The number of carbonyl (C=O) groups excluding carboxylic acids is 1. The predicted octanol–water partition coefficient (Wildman–Crippen LogP) is 2.72. The molecule has 0 spiro atoms. The molecule has 0 fully saturated rings. The summed E-state index contributed by atoms with van der Waals surface area (Å²) in [5, 5.41) is 11.5. The molecule has 130 valence electrons. The lowest BCUT2D eigenvalue weighted by Gasteiger charge is -2.03. The third-order valence-electron chi connectivity index (χ3n) is 4.10. The number of benzene rings is 1. The van der Waals surface area contributed by atoms with Gasteiger partial charge in [-0.3, -0.25) is 14.8 Å². The number of aryl methyl sites for hydroxylation is 3. The third-order valence-corrected chi connectivity index (χ3v) is 4.10. The van der Waals surface area contributed by atoms with Crippen LogP contribution < -0.4 is 5.32 Å². The summed E-state index contributed by atoms with van der Waals surface area (Å²) in [6.07, 6.45) is 1.62. The van der Waals surface area contributed by atoms with Crippen LogP contribution in [0.1, 0.15) is 39.8 Å². The highest BCUT2D eigenvalue weighted by atomic mass is 16.1. The molecule has 0 saturated heterocycles. The van der Waals surface area contributed by atoms with Crippen LogP contribution in [-0.4, -0.2) is 30.5 Å². The third kappa shape index (κ3) is 3.60. The first-order chi connectivity index (χ1) is 12.0. The minimum Gasteiger partial charge on any atom is -0.289 e. The van der Waals surface area contributed by atoms with Crippen molar-refractivity contribution in [1.29, 1.82) is 0 Å². The minimum absolute atomic E-state index is 0.233. The maximum absolute atomic E-state index is 12.5. The highest BCUT2D eigenvalue weighted by molar-refractivity contribution is 6.04. The molecule has 1 N–H and O–H groups in total. The van der Waals surface area contributed by atoms with Crippen LogP contribution in [0.2, 0.25) is 0 Å². The second-order valence-corrected chi connectivity index (χ2v) is 6.07. The van der Waals surface area contributed by atoms with Gasteiger partial charge in [0.1, 0.15) is 6.33 Å². The van der Waals surface area contributed by atoms with E-state index in [-0.39, 0.29) is 5.91 Å². The molecular formula is C18H22N6O. The number of hydrogen-bond acceptors (Lipinski definition) is 4. The second kappa shape index (κ2) is 6.88. The quantitative estimate of drug-likeness (QED) is 0.776. The van der Waals surface area contributed by atoms with Gasteiger partial charge in [0.05, 0.1) is 17.8 Å². The van der Waals surface area contributed by atoms with Crippen LogP contribution in [0, 0.1) is 20.8 Å². The highest BCUT2D eigenvalue weighted by Crippen LogP contribution is 2.15. The Bertz CT molecular complexity index is 908. The first kappa shape index (κ1) is 16.9. The van der Waals surface area contributed by atoms with Crippen molar-refractivity contribution >= 4 is 11.9 Å². The number of hydrogen-bond donors (Lipinski definition) is 1. The summed E-state index contributed by atoms with van der Waals surface area (Å²) >= 11 is 0. The Morgan fingerprint density at radius 1 is 1.20 bits per heavy atom. The molecule has 1 aromatic carbocycles. The van der Waals surface area contributed by atoms with Crippen molar-refractivity contribution < 1.29 is 4.79 Å². The van der Waals surface area contributed by atoms with Gasteiger partial charge in [0.2, 0.25) is 5.95 Å². The Kier molecular flexibility index (Phi) is 4.65. The first-order valence-corrected chi connectivity index (χ1v) is 8.28. The van der Waals surface area contributed by atoms with Crippen LogP contribution in [0.3, 0.4) is 0 Å². The Balaban J connectivity index is 1.73. The van der Waals surface area contributed by atoms with Crippen LogP contribution in [0.15, 0.2) is 30.6 Å². The minimum atomic E-state index is -0.233. The van der Waals surface area contributed by atoms with E-state index in [0.29, 0.717) is 23.8 Å². The van der Waals surface area contributed by atoms with Crippen molar-refractivity contribution in [2.45, 2.75) is 40.8 Å². The van der Waals surface area contributed by atoms with Gasteiger partial charge in [-0.05, 0) is 33.3 Å². The van der Waals surface area contributed by atoms with E-state index < -0.39 is 0 Å². The molecule has 7 heteroatoms. The van der Waals surface area contributed by atoms with Crippen molar-refractivity contribution in [3.63, 3.8) is 0 Å². The fourth-order valence-electron chi connectivity index (χ4n) is 2.92. The summed E-state index contributed by atoms with van der Waals surface area (Å²) < 4.78 is 3.52. The highest BCUT2D eigenvalue weighted by Gasteiger charge is 2.19. The number of carbonyl (C=O) groups is 1. The van der Waals surface area contributed by atoms with Crippen molar-refractivity contribution in [3.05, 3.63) is 58.7 Å². The monoisotopic (exact) mass is 338 g/mol. The number of nitrogens with one attached hydrogen (secondary N) is 1. The van der Waals surface area contributed by atoms with Crippen molar-refractivity contribution in [1.82, 2.24) is 24.5 Å². The molecule has 0 radical (unpaired) electrons.